The van der Waals surface area contributed by atoms with E-state index >= 15 is 0 Å². The van der Waals surface area contributed by atoms with Crippen molar-refractivity contribution in [2.75, 3.05) is 12.3 Å². The highest BCUT2D eigenvalue weighted by atomic mass is 35.5. The molecule has 2 heterocycles. The fourth-order valence-electron chi connectivity index (χ4n) is 3.08. The Kier molecular flexibility index (Phi) is 3.81. The summed E-state index contributed by atoms with van der Waals surface area (Å²) in [6, 6.07) is 16.5. The number of fused-ring (bicyclic) bond motifs is 1. The number of hydrogen-bond acceptors (Lipinski definition) is 3. The molecule has 4 rings (SSSR count). The van der Waals surface area contributed by atoms with Gasteiger partial charge in [-0.25, -0.2) is 0 Å². The van der Waals surface area contributed by atoms with Crippen molar-refractivity contribution in [1.29, 1.82) is 0 Å². The number of hydrogen-bond donors (Lipinski definition) is 0. The van der Waals surface area contributed by atoms with E-state index in [9.17, 15) is 0 Å². The maximum Gasteiger partial charge on any atom is 0.160 e. The summed E-state index contributed by atoms with van der Waals surface area (Å²) in [5.74, 6) is 1.11. The Morgan fingerprint density at radius 3 is 2.14 bits per heavy atom. The van der Waals surface area contributed by atoms with Gasteiger partial charge >= 0.3 is 0 Å². The Hall–Kier alpha value is -1.16. The Morgan fingerprint density at radius 2 is 1.50 bits per heavy atom. The summed E-state index contributed by atoms with van der Waals surface area (Å²) in [6.07, 6.45) is 0. The largest absolute Gasteiger partial charge is 0.341 e. The van der Waals surface area contributed by atoms with E-state index in [1.54, 1.807) is 0 Å². The fraction of sp³-hybridized carbons (Fsp3) is 0.235. The highest BCUT2D eigenvalue weighted by Gasteiger charge is 2.40. The summed E-state index contributed by atoms with van der Waals surface area (Å²) < 4.78 is 0. The molecule has 0 spiro atoms. The quantitative estimate of drug-likeness (QED) is 0.741. The van der Waals surface area contributed by atoms with Gasteiger partial charge in [0, 0.05) is 22.3 Å². The number of thioether (sulfide) groups is 1. The minimum atomic E-state index is 0.112. The highest BCUT2D eigenvalue weighted by molar-refractivity contribution is 8.14. The van der Waals surface area contributed by atoms with Crippen molar-refractivity contribution in [1.82, 2.24) is 4.90 Å². The summed E-state index contributed by atoms with van der Waals surface area (Å²) in [4.78, 5) is 7.37. The number of benzene rings is 2. The first-order chi connectivity index (χ1) is 10.7. The Labute approximate surface area is 144 Å². The van der Waals surface area contributed by atoms with Crippen molar-refractivity contribution in [3.05, 3.63) is 69.7 Å². The van der Waals surface area contributed by atoms with E-state index in [1.165, 1.54) is 11.1 Å². The molecule has 0 amide bonds. The van der Waals surface area contributed by atoms with Gasteiger partial charge in [0.25, 0.3) is 0 Å². The van der Waals surface area contributed by atoms with Crippen LogP contribution in [0.15, 0.2) is 53.5 Å². The lowest BCUT2D eigenvalue weighted by atomic mass is 9.94. The summed E-state index contributed by atoms with van der Waals surface area (Å²) in [5.41, 5.74) is 2.46. The molecule has 2 aliphatic heterocycles. The maximum atomic E-state index is 6.04. The lowest BCUT2D eigenvalue weighted by Crippen LogP contribution is -2.27. The monoisotopic (exact) mass is 348 g/mol. The van der Waals surface area contributed by atoms with Crippen LogP contribution in [0.4, 0.5) is 0 Å². The molecule has 0 saturated carbocycles. The van der Waals surface area contributed by atoms with E-state index < -0.39 is 0 Å². The van der Waals surface area contributed by atoms with Crippen LogP contribution in [0.1, 0.15) is 23.2 Å². The van der Waals surface area contributed by atoms with Crippen LogP contribution < -0.4 is 0 Å². The molecule has 0 aliphatic carbocycles. The predicted octanol–water partition coefficient (Wildman–Crippen LogP) is 5.19. The molecule has 5 heteroatoms. The van der Waals surface area contributed by atoms with Crippen LogP contribution >= 0.6 is 35.0 Å². The van der Waals surface area contributed by atoms with E-state index in [1.807, 2.05) is 36.0 Å². The number of aliphatic imine (C=N–C) groups is 1. The molecular weight excluding hydrogens is 335 g/mol. The van der Waals surface area contributed by atoms with Crippen molar-refractivity contribution >= 4 is 40.1 Å². The Balaban J connectivity index is 1.75. The van der Waals surface area contributed by atoms with Crippen LogP contribution in [0.5, 0.6) is 0 Å². The molecule has 1 fully saturated rings. The molecule has 2 aromatic carbocycles. The molecule has 0 N–H and O–H groups in total. The van der Waals surface area contributed by atoms with Crippen molar-refractivity contribution < 1.29 is 0 Å². The molecule has 0 radical (unpaired) electrons. The molecular formula is C17H14Cl2N2S. The van der Waals surface area contributed by atoms with Gasteiger partial charge < -0.3 is 4.90 Å². The van der Waals surface area contributed by atoms with Crippen molar-refractivity contribution in [2.24, 2.45) is 4.99 Å². The summed E-state index contributed by atoms with van der Waals surface area (Å²) >= 11 is 13.9. The first-order valence-corrected chi connectivity index (χ1v) is 8.95. The van der Waals surface area contributed by atoms with Gasteiger partial charge in [-0.2, -0.15) is 0 Å². The van der Waals surface area contributed by atoms with Crippen LogP contribution in [0, 0.1) is 0 Å². The molecule has 2 aliphatic rings. The predicted molar refractivity (Wildman–Crippen MR) is 95.0 cm³/mol. The second-order valence-corrected chi connectivity index (χ2v) is 7.38. The first kappa shape index (κ1) is 14.4. The summed E-state index contributed by atoms with van der Waals surface area (Å²) in [5, 5.41) is 2.67. The van der Waals surface area contributed by atoms with Crippen LogP contribution in [0.3, 0.4) is 0 Å². The average molecular weight is 349 g/mol. The molecule has 2 atom stereocenters. The molecule has 0 aromatic heterocycles. The van der Waals surface area contributed by atoms with Crippen LogP contribution in [-0.2, 0) is 0 Å². The molecule has 1 saturated heterocycles. The molecule has 2 nitrogen and oxygen atoms in total. The van der Waals surface area contributed by atoms with Crippen molar-refractivity contribution in [3.8, 4) is 0 Å². The zero-order chi connectivity index (χ0) is 15.1. The van der Waals surface area contributed by atoms with E-state index in [4.69, 9.17) is 28.2 Å². The molecule has 0 bridgehead atoms. The Morgan fingerprint density at radius 1 is 0.909 bits per heavy atom. The lowest BCUT2D eigenvalue weighted by molar-refractivity contribution is 0.335. The van der Waals surface area contributed by atoms with Crippen LogP contribution in [0.2, 0.25) is 10.0 Å². The lowest BCUT2D eigenvalue weighted by Gasteiger charge is -2.27. The van der Waals surface area contributed by atoms with Gasteiger partial charge in [-0.3, -0.25) is 4.99 Å². The van der Waals surface area contributed by atoms with Crippen molar-refractivity contribution in [2.45, 2.75) is 12.1 Å². The first-order valence-electron chi connectivity index (χ1n) is 7.20. The van der Waals surface area contributed by atoms with Gasteiger partial charge in [-0.1, -0.05) is 59.2 Å². The zero-order valence-electron chi connectivity index (χ0n) is 11.7. The third-order valence-electron chi connectivity index (χ3n) is 4.12. The van der Waals surface area contributed by atoms with E-state index in [0.717, 1.165) is 27.5 Å². The van der Waals surface area contributed by atoms with E-state index in [2.05, 4.69) is 29.2 Å². The highest BCUT2D eigenvalue weighted by Crippen LogP contribution is 2.46. The minimum Gasteiger partial charge on any atom is -0.341 e. The zero-order valence-corrected chi connectivity index (χ0v) is 14.1. The second kappa shape index (κ2) is 5.80. The number of amidine groups is 1. The van der Waals surface area contributed by atoms with Gasteiger partial charge in [0.2, 0.25) is 0 Å². The fourth-order valence-corrected chi connectivity index (χ4v) is 4.36. The number of halogens is 2. The minimum absolute atomic E-state index is 0.112. The van der Waals surface area contributed by atoms with Gasteiger partial charge in [-0.15, -0.1) is 0 Å². The van der Waals surface area contributed by atoms with Crippen molar-refractivity contribution in [3.63, 3.8) is 0 Å². The standard InChI is InChI=1S/C17H14Cl2N2S/c18-13-5-1-11(2-6-13)15-16(12-3-7-14(19)8-4-12)21-9-10-22-17(21)20-15/h1-8,15-16H,9-10H2. The second-order valence-electron chi connectivity index (χ2n) is 5.45. The average Bonchev–Trinajstić information content (AvgIpc) is 3.10. The van der Waals surface area contributed by atoms with Crippen LogP contribution in [-0.4, -0.2) is 22.4 Å². The Bertz CT molecular complexity index is 712. The third-order valence-corrected chi connectivity index (χ3v) is 5.61. The third kappa shape index (κ3) is 2.51. The molecule has 2 unspecified atom stereocenters. The van der Waals surface area contributed by atoms with E-state index in [-0.39, 0.29) is 12.1 Å². The van der Waals surface area contributed by atoms with Crippen LogP contribution in [0.25, 0.3) is 0 Å². The summed E-state index contributed by atoms with van der Waals surface area (Å²) in [6.45, 7) is 1.04. The molecule has 112 valence electrons. The van der Waals surface area contributed by atoms with Gasteiger partial charge in [-0.05, 0) is 35.4 Å². The SMILES string of the molecule is Clc1ccc(C2N=C3SCCN3C2c2ccc(Cl)cc2)cc1. The topological polar surface area (TPSA) is 15.6 Å². The number of rotatable bonds is 2. The van der Waals surface area contributed by atoms with Gasteiger partial charge in [0.15, 0.2) is 5.17 Å². The normalized spacial score (nSPS) is 23.5. The van der Waals surface area contributed by atoms with E-state index in [0.29, 0.717) is 0 Å². The summed E-state index contributed by atoms with van der Waals surface area (Å²) in [7, 11) is 0. The smallest absolute Gasteiger partial charge is 0.160 e. The maximum absolute atomic E-state index is 6.04. The van der Waals surface area contributed by atoms with Gasteiger partial charge in [0.05, 0.1) is 6.04 Å². The number of nitrogens with zero attached hydrogens (tertiary/aromatic N) is 2. The molecule has 2 aromatic rings. The molecule has 22 heavy (non-hydrogen) atoms. The van der Waals surface area contributed by atoms with Gasteiger partial charge in [0.1, 0.15) is 6.04 Å².